The molecular formula is C8H13N3O. The Bertz CT molecular complexity index is 253. The van der Waals surface area contributed by atoms with Gasteiger partial charge in [0, 0.05) is 6.61 Å². The first-order valence-electron chi connectivity index (χ1n) is 4.23. The molecule has 0 bridgehead atoms. The van der Waals surface area contributed by atoms with E-state index in [4.69, 9.17) is 10.5 Å². The lowest BCUT2D eigenvalue weighted by molar-refractivity contribution is 0.0598. The van der Waals surface area contributed by atoms with Crippen molar-refractivity contribution in [3.05, 3.63) is 12.5 Å². The molecule has 2 heterocycles. The number of hydrogen-bond acceptors (Lipinski definition) is 3. The number of nitrogens with two attached hydrogens (primary N) is 1. The maximum absolute atomic E-state index is 5.72. The van der Waals surface area contributed by atoms with E-state index in [1.807, 2.05) is 4.57 Å². The lowest BCUT2D eigenvalue weighted by Crippen LogP contribution is -2.21. The van der Waals surface area contributed by atoms with Crippen LogP contribution in [-0.4, -0.2) is 22.8 Å². The van der Waals surface area contributed by atoms with Crippen LogP contribution in [-0.2, 0) is 4.74 Å². The second-order valence-electron chi connectivity index (χ2n) is 3.10. The molecule has 12 heavy (non-hydrogen) atoms. The third-order valence-corrected chi connectivity index (χ3v) is 2.23. The molecule has 2 N–H and O–H groups in total. The van der Waals surface area contributed by atoms with E-state index in [0.29, 0.717) is 6.04 Å². The zero-order valence-electron chi connectivity index (χ0n) is 6.94. The van der Waals surface area contributed by atoms with Gasteiger partial charge in [0.1, 0.15) is 5.82 Å². The molecule has 1 aliphatic rings. The lowest BCUT2D eigenvalue weighted by Gasteiger charge is -2.23. The summed E-state index contributed by atoms with van der Waals surface area (Å²) in [6, 6.07) is 0.390. The van der Waals surface area contributed by atoms with Gasteiger partial charge in [-0.2, -0.15) is 0 Å². The highest BCUT2D eigenvalue weighted by Gasteiger charge is 2.16. The SMILES string of the molecule is Nc1cncn1C1CCCOC1. The first-order valence-corrected chi connectivity index (χ1v) is 4.23. The van der Waals surface area contributed by atoms with Crippen molar-refractivity contribution in [3.8, 4) is 0 Å². The van der Waals surface area contributed by atoms with Crippen LogP contribution in [0.4, 0.5) is 5.82 Å². The third-order valence-electron chi connectivity index (χ3n) is 2.23. The summed E-state index contributed by atoms with van der Waals surface area (Å²) in [5, 5.41) is 0. The summed E-state index contributed by atoms with van der Waals surface area (Å²) < 4.78 is 7.34. The van der Waals surface area contributed by atoms with Crippen LogP contribution in [0.5, 0.6) is 0 Å². The van der Waals surface area contributed by atoms with Crippen LogP contribution < -0.4 is 5.73 Å². The Balaban J connectivity index is 2.13. The Hall–Kier alpha value is -1.03. The quantitative estimate of drug-likeness (QED) is 0.673. The maximum atomic E-state index is 5.72. The summed E-state index contributed by atoms with van der Waals surface area (Å²) in [6.07, 6.45) is 5.70. The molecule has 1 aromatic heterocycles. The Labute approximate surface area is 71.3 Å². The van der Waals surface area contributed by atoms with Crippen LogP contribution >= 0.6 is 0 Å². The van der Waals surface area contributed by atoms with E-state index in [-0.39, 0.29) is 0 Å². The van der Waals surface area contributed by atoms with Gasteiger partial charge in [0.25, 0.3) is 0 Å². The minimum absolute atomic E-state index is 0.390. The van der Waals surface area contributed by atoms with Crippen LogP contribution in [0.1, 0.15) is 18.9 Å². The standard InChI is InChI=1S/C8H13N3O/c9-8-4-10-6-11(8)7-2-1-3-12-5-7/h4,6-7H,1-3,5,9H2. The minimum atomic E-state index is 0.390. The van der Waals surface area contributed by atoms with Crippen molar-refractivity contribution in [1.29, 1.82) is 0 Å². The van der Waals surface area contributed by atoms with E-state index in [0.717, 1.165) is 31.9 Å². The summed E-state index contributed by atoms with van der Waals surface area (Å²) in [5.41, 5.74) is 5.72. The van der Waals surface area contributed by atoms with Crippen molar-refractivity contribution >= 4 is 5.82 Å². The second-order valence-corrected chi connectivity index (χ2v) is 3.10. The zero-order valence-corrected chi connectivity index (χ0v) is 6.94. The molecule has 0 saturated carbocycles. The Morgan fingerprint density at radius 3 is 3.17 bits per heavy atom. The number of imidazole rings is 1. The van der Waals surface area contributed by atoms with Gasteiger partial charge in [-0.15, -0.1) is 0 Å². The van der Waals surface area contributed by atoms with Gasteiger partial charge < -0.3 is 15.0 Å². The largest absolute Gasteiger partial charge is 0.384 e. The van der Waals surface area contributed by atoms with Crippen molar-refractivity contribution in [1.82, 2.24) is 9.55 Å². The molecule has 1 aliphatic heterocycles. The molecule has 4 nitrogen and oxygen atoms in total. The fourth-order valence-corrected chi connectivity index (χ4v) is 1.56. The number of ether oxygens (including phenoxy) is 1. The van der Waals surface area contributed by atoms with Crippen molar-refractivity contribution in [3.63, 3.8) is 0 Å². The Morgan fingerprint density at radius 1 is 1.67 bits per heavy atom. The van der Waals surface area contributed by atoms with Crippen LogP contribution in [0.3, 0.4) is 0 Å². The van der Waals surface area contributed by atoms with Gasteiger partial charge in [0.2, 0.25) is 0 Å². The molecule has 1 aromatic rings. The van der Waals surface area contributed by atoms with Crippen molar-refractivity contribution in [2.45, 2.75) is 18.9 Å². The van der Waals surface area contributed by atoms with Crippen LogP contribution in [0.2, 0.25) is 0 Å². The highest BCUT2D eigenvalue weighted by molar-refractivity contribution is 5.25. The third kappa shape index (κ3) is 1.30. The molecule has 0 spiro atoms. The first kappa shape index (κ1) is 7.61. The highest BCUT2D eigenvalue weighted by Crippen LogP contribution is 2.21. The molecule has 1 unspecified atom stereocenters. The predicted octanol–water partition coefficient (Wildman–Crippen LogP) is 0.817. The van der Waals surface area contributed by atoms with Crippen LogP contribution in [0, 0.1) is 0 Å². The minimum Gasteiger partial charge on any atom is -0.384 e. The molecular weight excluding hydrogens is 154 g/mol. The molecule has 4 heteroatoms. The van der Waals surface area contributed by atoms with Gasteiger partial charge in [-0.25, -0.2) is 4.98 Å². The smallest absolute Gasteiger partial charge is 0.123 e. The maximum Gasteiger partial charge on any atom is 0.123 e. The van der Waals surface area contributed by atoms with Crippen molar-refractivity contribution < 1.29 is 4.74 Å². The summed E-state index contributed by atoms with van der Waals surface area (Å²) in [4.78, 5) is 3.98. The predicted molar refractivity (Wildman–Crippen MR) is 45.7 cm³/mol. The fraction of sp³-hybridized carbons (Fsp3) is 0.625. The number of aromatic nitrogens is 2. The van der Waals surface area contributed by atoms with Crippen LogP contribution in [0.15, 0.2) is 12.5 Å². The first-order chi connectivity index (χ1) is 5.88. The van der Waals surface area contributed by atoms with Gasteiger partial charge in [0.15, 0.2) is 0 Å². The second kappa shape index (κ2) is 3.15. The molecule has 1 atom stereocenters. The summed E-state index contributed by atoms with van der Waals surface area (Å²) >= 11 is 0. The lowest BCUT2D eigenvalue weighted by atomic mass is 10.1. The molecule has 0 amide bonds. The van der Waals surface area contributed by atoms with Crippen molar-refractivity contribution in [2.24, 2.45) is 0 Å². The molecule has 0 aliphatic carbocycles. The number of hydrogen-bond donors (Lipinski definition) is 1. The van der Waals surface area contributed by atoms with Gasteiger partial charge in [-0.3, -0.25) is 0 Å². The van der Waals surface area contributed by atoms with E-state index in [1.165, 1.54) is 0 Å². The molecule has 0 aromatic carbocycles. The number of nitrogens with zero attached hydrogens (tertiary/aromatic N) is 2. The fourth-order valence-electron chi connectivity index (χ4n) is 1.56. The topological polar surface area (TPSA) is 53.1 Å². The van der Waals surface area contributed by atoms with E-state index in [2.05, 4.69) is 4.98 Å². The Kier molecular flexibility index (Phi) is 1.99. The Morgan fingerprint density at radius 2 is 2.58 bits per heavy atom. The molecule has 1 saturated heterocycles. The van der Waals surface area contributed by atoms with Gasteiger partial charge >= 0.3 is 0 Å². The molecule has 0 radical (unpaired) electrons. The molecule has 66 valence electrons. The van der Waals surface area contributed by atoms with E-state index in [9.17, 15) is 0 Å². The van der Waals surface area contributed by atoms with Gasteiger partial charge in [0.05, 0.1) is 25.2 Å². The van der Waals surface area contributed by atoms with E-state index < -0.39 is 0 Å². The van der Waals surface area contributed by atoms with Crippen LogP contribution in [0.25, 0.3) is 0 Å². The van der Waals surface area contributed by atoms with E-state index >= 15 is 0 Å². The van der Waals surface area contributed by atoms with Gasteiger partial charge in [-0.05, 0) is 12.8 Å². The van der Waals surface area contributed by atoms with E-state index in [1.54, 1.807) is 12.5 Å². The average Bonchev–Trinajstić information content (AvgIpc) is 2.53. The average molecular weight is 167 g/mol. The zero-order chi connectivity index (χ0) is 8.39. The summed E-state index contributed by atoms with van der Waals surface area (Å²) in [6.45, 7) is 1.64. The summed E-state index contributed by atoms with van der Waals surface area (Å²) in [7, 11) is 0. The molecule has 2 rings (SSSR count). The number of nitrogen functional groups attached to an aromatic ring is 1. The number of anilines is 1. The number of rotatable bonds is 1. The summed E-state index contributed by atoms with van der Waals surface area (Å²) in [5.74, 6) is 0.727. The molecule has 1 fully saturated rings. The van der Waals surface area contributed by atoms with Gasteiger partial charge in [-0.1, -0.05) is 0 Å². The van der Waals surface area contributed by atoms with Crippen molar-refractivity contribution in [2.75, 3.05) is 18.9 Å². The highest BCUT2D eigenvalue weighted by atomic mass is 16.5. The monoisotopic (exact) mass is 167 g/mol. The normalized spacial score (nSPS) is 24.2.